The maximum atomic E-state index is 10.4. The van der Waals surface area contributed by atoms with Crippen LogP contribution in [0.4, 0.5) is 0 Å². The lowest BCUT2D eigenvalue weighted by Crippen LogP contribution is -2.03. The van der Waals surface area contributed by atoms with Gasteiger partial charge in [0.25, 0.3) is 10.1 Å². The highest BCUT2D eigenvalue weighted by Gasteiger charge is 2.01. The summed E-state index contributed by atoms with van der Waals surface area (Å²) >= 11 is 5.14. The van der Waals surface area contributed by atoms with E-state index in [1.807, 2.05) is 0 Å². The summed E-state index contributed by atoms with van der Waals surface area (Å²) in [7, 11) is -3.50. The quantitative estimate of drug-likeness (QED) is 0.461. The standard InChI is InChI=1S/C4H7ClO3S/c1-2-9(6,7)8-4-3-5/h2H,1,3-4H2. The van der Waals surface area contributed by atoms with E-state index >= 15 is 0 Å². The van der Waals surface area contributed by atoms with Crippen LogP contribution in [-0.4, -0.2) is 20.9 Å². The summed E-state index contributed by atoms with van der Waals surface area (Å²) in [6.45, 7) is 3.03. The van der Waals surface area contributed by atoms with Crippen molar-refractivity contribution in [3.05, 3.63) is 12.0 Å². The Kier molecular flexibility index (Phi) is 3.84. The minimum atomic E-state index is -3.50. The van der Waals surface area contributed by atoms with Crippen molar-refractivity contribution < 1.29 is 12.6 Å². The Morgan fingerprint density at radius 3 is 2.56 bits per heavy atom. The summed E-state index contributed by atoms with van der Waals surface area (Å²) in [4.78, 5) is 0. The first-order chi connectivity index (χ1) is 4.12. The van der Waals surface area contributed by atoms with Crippen molar-refractivity contribution in [3.8, 4) is 0 Å². The fraction of sp³-hybridized carbons (Fsp3) is 0.500. The molecule has 0 saturated heterocycles. The zero-order chi connectivity index (χ0) is 7.33. The minimum Gasteiger partial charge on any atom is -0.266 e. The molecule has 54 valence electrons. The summed E-state index contributed by atoms with van der Waals surface area (Å²) in [5.74, 6) is 0.160. The predicted molar refractivity (Wildman–Crippen MR) is 35.8 cm³/mol. The molecule has 0 atom stereocenters. The van der Waals surface area contributed by atoms with Gasteiger partial charge in [0.15, 0.2) is 0 Å². The minimum absolute atomic E-state index is 0.00406. The molecule has 0 amide bonds. The molecule has 0 spiro atoms. The van der Waals surface area contributed by atoms with Crippen LogP contribution in [0.5, 0.6) is 0 Å². The lowest BCUT2D eigenvalue weighted by molar-refractivity contribution is 0.347. The van der Waals surface area contributed by atoms with E-state index in [9.17, 15) is 8.42 Å². The molecule has 0 aliphatic heterocycles. The molecule has 0 aliphatic carbocycles. The maximum Gasteiger partial charge on any atom is 0.289 e. The van der Waals surface area contributed by atoms with E-state index in [0.717, 1.165) is 5.41 Å². The predicted octanol–water partition coefficient (Wildman–Crippen LogP) is 0.715. The normalized spacial score (nSPS) is 11.2. The Labute approximate surface area is 59.4 Å². The second-order valence-electron chi connectivity index (χ2n) is 1.17. The summed E-state index contributed by atoms with van der Waals surface area (Å²) in [6.07, 6.45) is 0. The Bertz CT molecular complexity index is 172. The largest absolute Gasteiger partial charge is 0.289 e. The number of hydrogen-bond donors (Lipinski definition) is 0. The van der Waals surface area contributed by atoms with Crippen LogP contribution in [-0.2, 0) is 14.3 Å². The Morgan fingerprint density at radius 2 is 2.22 bits per heavy atom. The second-order valence-corrected chi connectivity index (χ2v) is 3.10. The van der Waals surface area contributed by atoms with Crippen molar-refractivity contribution in [2.75, 3.05) is 12.5 Å². The molecular formula is C4H7ClO3S. The summed E-state index contributed by atoms with van der Waals surface area (Å²) < 4.78 is 25.0. The smallest absolute Gasteiger partial charge is 0.266 e. The Balaban J connectivity index is 3.75. The molecule has 0 bridgehead atoms. The SMILES string of the molecule is C=CS(=O)(=O)OCCCl. The molecule has 0 radical (unpaired) electrons. The highest BCUT2D eigenvalue weighted by Crippen LogP contribution is 1.92. The average Bonchev–Trinajstić information content (AvgIpc) is 1.84. The first kappa shape index (κ1) is 8.94. The van der Waals surface area contributed by atoms with Crippen LogP contribution in [0.15, 0.2) is 12.0 Å². The van der Waals surface area contributed by atoms with Crippen LogP contribution in [0.3, 0.4) is 0 Å². The number of halogens is 1. The molecule has 0 aromatic heterocycles. The van der Waals surface area contributed by atoms with Crippen LogP contribution in [0, 0.1) is 0 Å². The van der Waals surface area contributed by atoms with Gasteiger partial charge in [0.1, 0.15) is 0 Å². The molecule has 0 heterocycles. The highest BCUT2D eigenvalue weighted by molar-refractivity contribution is 7.89. The molecule has 0 aromatic carbocycles. The molecule has 0 aliphatic rings. The van der Waals surface area contributed by atoms with E-state index in [0.29, 0.717) is 0 Å². The van der Waals surface area contributed by atoms with Gasteiger partial charge in [0.05, 0.1) is 12.0 Å². The third-order valence-electron chi connectivity index (χ3n) is 0.529. The second kappa shape index (κ2) is 3.87. The van der Waals surface area contributed by atoms with Gasteiger partial charge in [-0.1, -0.05) is 6.58 Å². The molecule has 0 aromatic rings. The summed E-state index contributed by atoms with van der Waals surface area (Å²) in [6, 6.07) is 0. The van der Waals surface area contributed by atoms with Gasteiger partial charge in [-0.3, -0.25) is 4.18 Å². The molecule has 5 heteroatoms. The van der Waals surface area contributed by atoms with Crippen molar-refractivity contribution in [1.29, 1.82) is 0 Å². The van der Waals surface area contributed by atoms with Crippen LogP contribution < -0.4 is 0 Å². The van der Waals surface area contributed by atoms with Crippen LogP contribution in [0.2, 0.25) is 0 Å². The maximum absolute atomic E-state index is 10.4. The van der Waals surface area contributed by atoms with E-state index in [-0.39, 0.29) is 12.5 Å². The molecule has 9 heavy (non-hydrogen) atoms. The molecular weight excluding hydrogens is 164 g/mol. The lowest BCUT2D eigenvalue weighted by atomic mass is 10.9. The van der Waals surface area contributed by atoms with E-state index in [4.69, 9.17) is 11.6 Å². The topological polar surface area (TPSA) is 43.4 Å². The van der Waals surface area contributed by atoms with Gasteiger partial charge in [-0.15, -0.1) is 11.6 Å². The van der Waals surface area contributed by atoms with Gasteiger partial charge >= 0.3 is 0 Å². The fourth-order valence-electron chi connectivity index (χ4n) is 0.196. The van der Waals surface area contributed by atoms with E-state index in [2.05, 4.69) is 10.8 Å². The third-order valence-corrected chi connectivity index (χ3v) is 1.59. The van der Waals surface area contributed by atoms with Crippen molar-refractivity contribution in [2.24, 2.45) is 0 Å². The first-order valence-electron chi connectivity index (χ1n) is 2.20. The third kappa shape index (κ3) is 4.44. The van der Waals surface area contributed by atoms with Crippen LogP contribution >= 0.6 is 11.6 Å². The fourth-order valence-corrected chi connectivity index (χ4v) is 0.776. The Hall–Kier alpha value is -0.0600. The van der Waals surface area contributed by atoms with Crippen molar-refractivity contribution in [2.45, 2.75) is 0 Å². The lowest BCUT2D eigenvalue weighted by Gasteiger charge is -1.94. The van der Waals surface area contributed by atoms with Gasteiger partial charge < -0.3 is 0 Å². The molecule has 0 saturated carbocycles. The van der Waals surface area contributed by atoms with Crippen molar-refractivity contribution in [1.82, 2.24) is 0 Å². The molecule has 3 nitrogen and oxygen atoms in total. The van der Waals surface area contributed by atoms with E-state index in [1.54, 1.807) is 0 Å². The first-order valence-corrected chi connectivity index (χ1v) is 4.21. The molecule has 0 rings (SSSR count). The number of alkyl halides is 1. The van der Waals surface area contributed by atoms with Crippen LogP contribution in [0.25, 0.3) is 0 Å². The van der Waals surface area contributed by atoms with Gasteiger partial charge in [0, 0.05) is 5.88 Å². The zero-order valence-corrected chi connectivity index (χ0v) is 6.28. The molecule has 0 N–H and O–H groups in total. The van der Waals surface area contributed by atoms with Gasteiger partial charge in [-0.25, -0.2) is 0 Å². The van der Waals surface area contributed by atoms with Gasteiger partial charge in [0.2, 0.25) is 0 Å². The summed E-state index contributed by atoms with van der Waals surface area (Å²) in [5.41, 5.74) is 0. The van der Waals surface area contributed by atoms with Gasteiger partial charge in [-0.05, 0) is 0 Å². The summed E-state index contributed by atoms with van der Waals surface area (Å²) in [5, 5.41) is 0.736. The number of rotatable bonds is 4. The highest BCUT2D eigenvalue weighted by atomic mass is 35.5. The monoisotopic (exact) mass is 170 g/mol. The molecule has 0 unspecified atom stereocenters. The van der Waals surface area contributed by atoms with E-state index in [1.165, 1.54) is 0 Å². The Morgan fingerprint density at radius 1 is 1.67 bits per heavy atom. The van der Waals surface area contributed by atoms with Gasteiger partial charge in [-0.2, -0.15) is 8.42 Å². The zero-order valence-electron chi connectivity index (χ0n) is 4.71. The van der Waals surface area contributed by atoms with Crippen LogP contribution in [0.1, 0.15) is 0 Å². The van der Waals surface area contributed by atoms with Crippen molar-refractivity contribution >= 4 is 21.7 Å². The number of hydrogen-bond acceptors (Lipinski definition) is 3. The van der Waals surface area contributed by atoms with Crippen molar-refractivity contribution in [3.63, 3.8) is 0 Å². The molecule has 0 fully saturated rings. The van der Waals surface area contributed by atoms with E-state index < -0.39 is 10.1 Å². The average molecular weight is 171 g/mol.